The summed E-state index contributed by atoms with van der Waals surface area (Å²) in [6.45, 7) is 7.43. The molecule has 0 aromatic carbocycles. The van der Waals surface area contributed by atoms with Gasteiger partial charge in [-0.2, -0.15) is 0 Å². The zero-order valence-corrected chi connectivity index (χ0v) is 10.5. The Labute approximate surface area is 97.9 Å². The summed E-state index contributed by atoms with van der Waals surface area (Å²) in [6.07, 6.45) is 2.07. The number of nitrogens with one attached hydrogen (secondary N) is 1. The molecular formula is C12H24N2O2. The minimum atomic E-state index is -0.123. The summed E-state index contributed by atoms with van der Waals surface area (Å²) in [5, 5.41) is 3.06. The first-order valence-electron chi connectivity index (χ1n) is 6.16. The van der Waals surface area contributed by atoms with Crippen molar-refractivity contribution < 1.29 is 9.53 Å². The Morgan fingerprint density at radius 3 is 2.38 bits per heavy atom. The van der Waals surface area contributed by atoms with Gasteiger partial charge in [-0.3, -0.25) is 4.79 Å². The Morgan fingerprint density at radius 1 is 1.31 bits per heavy atom. The molecule has 0 radical (unpaired) electrons. The summed E-state index contributed by atoms with van der Waals surface area (Å²) in [5.74, 6) is 0.481. The van der Waals surface area contributed by atoms with Crippen LogP contribution in [0.15, 0.2) is 0 Å². The Kier molecular flexibility index (Phi) is 5.22. The van der Waals surface area contributed by atoms with Gasteiger partial charge in [-0.1, -0.05) is 6.92 Å². The molecule has 16 heavy (non-hydrogen) atoms. The van der Waals surface area contributed by atoms with Gasteiger partial charge >= 0.3 is 0 Å². The minimum absolute atomic E-state index is 0.0639. The van der Waals surface area contributed by atoms with Crippen molar-refractivity contribution in [3.05, 3.63) is 0 Å². The number of hydrogen-bond donors (Lipinski definition) is 2. The van der Waals surface area contributed by atoms with Gasteiger partial charge in [-0.25, -0.2) is 0 Å². The van der Waals surface area contributed by atoms with Gasteiger partial charge in [-0.15, -0.1) is 0 Å². The molecule has 94 valence electrons. The molecule has 0 aliphatic carbocycles. The third-order valence-corrected chi connectivity index (χ3v) is 3.55. The average Bonchev–Trinajstić information content (AvgIpc) is 2.28. The molecule has 4 heteroatoms. The van der Waals surface area contributed by atoms with Crippen molar-refractivity contribution in [2.24, 2.45) is 17.6 Å². The van der Waals surface area contributed by atoms with Gasteiger partial charge in [-0.05, 0) is 32.6 Å². The second-order valence-electron chi connectivity index (χ2n) is 4.89. The van der Waals surface area contributed by atoms with Gasteiger partial charge in [0.2, 0.25) is 5.91 Å². The van der Waals surface area contributed by atoms with Crippen molar-refractivity contribution in [1.29, 1.82) is 0 Å². The van der Waals surface area contributed by atoms with Crippen molar-refractivity contribution in [3.8, 4) is 0 Å². The normalized spacial score (nSPS) is 23.5. The van der Waals surface area contributed by atoms with E-state index in [1.54, 1.807) is 0 Å². The summed E-state index contributed by atoms with van der Waals surface area (Å²) in [5.41, 5.74) is 5.71. The van der Waals surface area contributed by atoms with Gasteiger partial charge in [0, 0.05) is 31.2 Å². The lowest BCUT2D eigenvalue weighted by Gasteiger charge is -2.29. The average molecular weight is 228 g/mol. The Balaban J connectivity index is 2.37. The van der Waals surface area contributed by atoms with Crippen LogP contribution in [0.4, 0.5) is 0 Å². The molecule has 1 fully saturated rings. The van der Waals surface area contributed by atoms with E-state index in [2.05, 4.69) is 12.2 Å². The Bertz CT molecular complexity index is 225. The summed E-state index contributed by atoms with van der Waals surface area (Å²) in [7, 11) is 0. The van der Waals surface area contributed by atoms with E-state index < -0.39 is 0 Å². The quantitative estimate of drug-likeness (QED) is 0.751. The fourth-order valence-corrected chi connectivity index (χ4v) is 1.93. The molecule has 0 saturated carbocycles. The number of rotatable bonds is 4. The predicted octanol–water partition coefficient (Wildman–Crippen LogP) is 0.901. The third-order valence-electron chi connectivity index (χ3n) is 3.55. The van der Waals surface area contributed by atoms with E-state index in [1.165, 1.54) is 0 Å². The number of amides is 1. The summed E-state index contributed by atoms with van der Waals surface area (Å²) in [6, 6.07) is 0.125. The first-order chi connectivity index (χ1) is 7.52. The molecule has 3 unspecified atom stereocenters. The van der Waals surface area contributed by atoms with Crippen molar-refractivity contribution >= 4 is 5.91 Å². The molecule has 0 aromatic heterocycles. The van der Waals surface area contributed by atoms with Crippen LogP contribution in [0.5, 0.6) is 0 Å². The molecular weight excluding hydrogens is 204 g/mol. The van der Waals surface area contributed by atoms with E-state index >= 15 is 0 Å². The number of carbonyl (C=O) groups excluding carboxylic acids is 1. The second kappa shape index (κ2) is 6.21. The van der Waals surface area contributed by atoms with Gasteiger partial charge in [0.25, 0.3) is 0 Å². The zero-order chi connectivity index (χ0) is 12.1. The first-order valence-corrected chi connectivity index (χ1v) is 6.16. The van der Waals surface area contributed by atoms with Crippen LogP contribution in [-0.2, 0) is 9.53 Å². The van der Waals surface area contributed by atoms with E-state index in [1.807, 2.05) is 13.8 Å². The van der Waals surface area contributed by atoms with Crippen LogP contribution in [0.1, 0.15) is 33.6 Å². The standard InChI is InChI=1S/C12H24N2O2/c1-8(9(2)13)12(15)14-10(3)11-4-6-16-7-5-11/h8-11H,4-7,13H2,1-3H3,(H,14,15). The lowest BCUT2D eigenvalue weighted by molar-refractivity contribution is -0.126. The molecule has 0 aromatic rings. The minimum Gasteiger partial charge on any atom is -0.381 e. The highest BCUT2D eigenvalue weighted by atomic mass is 16.5. The Hall–Kier alpha value is -0.610. The van der Waals surface area contributed by atoms with Gasteiger partial charge in [0.15, 0.2) is 0 Å². The largest absolute Gasteiger partial charge is 0.381 e. The topological polar surface area (TPSA) is 64.4 Å². The van der Waals surface area contributed by atoms with Gasteiger partial charge in [0.05, 0.1) is 0 Å². The third kappa shape index (κ3) is 3.76. The van der Waals surface area contributed by atoms with Crippen molar-refractivity contribution in [2.75, 3.05) is 13.2 Å². The number of carbonyl (C=O) groups is 1. The lowest BCUT2D eigenvalue weighted by Crippen LogP contribution is -2.45. The van der Waals surface area contributed by atoms with Crippen LogP contribution in [0.2, 0.25) is 0 Å². The molecule has 0 spiro atoms. The highest BCUT2D eigenvalue weighted by molar-refractivity contribution is 5.79. The number of ether oxygens (including phenoxy) is 1. The molecule has 1 aliphatic heterocycles. The zero-order valence-electron chi connectivity index (χ0n) is 10.5. The summed E-state index contributed by atoms with van der Waals surface area (Å²) >= 11 is 0. The van der Waals surface area contributed by atoms with E-state index in [9.17, 15) is 4.79 Å². The van der Waals surface area contributed by atoms with Crippen LogP contribution >= 0.6 is 0 Å². The molecule has 3 N–H and O–H groups in total. The fraction of sp³-hybridized carbons (Fsp3) is 0.917. The SMILES string of the molecule is CC(N)C(C)C(=O)NC(C)C1CCOCC1. The van der Waals surface area contributed by atoms with Crippen LogP contribution < -0.4 is 11.1 Å². The second-order valence-corrected chi connectivity index (χ2v) is 4.89. The van der Waals surface area contributed by atoms with E-state index in [0.717, 1.165) is 26.1 Å². The molecule has 0 bridgehead atoms. The summed E-state index contributed by atoms with van der Waals surface area (Å²) in [4.78, 5) is 11.8. The Morgan fingerprint density at radius 2 is 1.88 bits per heavy atom. The van der Waals surface area contributed by atoms with Crippen molar-refractivity contribution in [1.82, 2.24) is 5.32 Å². The smallest absolute Gasteiger partial charge is 0.224 e. The van der Waals surface area contributed by atoms with Crippen LogP contribution in [0, 0.1) is 11.8 Å². The molecule has 1 amide bonds. The lowest BCUT2D eigenvalue weighted by atomic mass is 9.92. The van der Waals surface area contributed by atoms with E-state index in [4.69, 9.17) is 10.5 Å². The molecule has 1 aliphatic rings. The molecule has 3 atom stereocenters. The monoisotopic (exact) mass is 228 g/mol. The fourth-order valence-electron chi connectivity index (χ4n) is 1.93. The summed E-state index contributed by atoms with van der Waals surface area (Å²) < 4.78 is 5.31. The van der Waals surface area contributed by atoms with E-state index in [-0.39, 0.29) is 23.9 Å². The maximum atomic E-state index is 11.8. The highest BCUT2D eigenvalue weighted by Gasteiger charge is 2.24. The number of hydrogen-bond acceptors (Lipinski definition) is 3. The number of nitrogens with two attached hydrogens (primary N) is 1. The van der Waals surface area contributed by atoms with Crippen LogP contribution in [0.3, 0.4) is 0 Å². The van der Waals surface area contributed by atoms with Gasteiger partial charge in [0.1, 0.15) is 0 Å². The van der Waals surface area contributed by atoms with Gasteiger partial charge < -0.3 is 15.8 Å². The predicted molar refractivity (Wildman–Crippen MR) is 64.0 cm³/mol. The molecule has 1 rings (SSSR count). The van der Waals surface area contributed by atoms with E-state index in [0.29, 0.717) is 5.92 Å². The molecule has 4 nitrogen and oxygen atoms in total. The van der Waals surface area contributed by atoms with Crippen LogP contribution in [0.25, 0.3) is 0 Å². The maximum Gasteiger partial charge on any atom is 0.224 e. The maximum absolute atomic E-state index is 11.8. The molecule has 1 saturated heterocycles. The highest BCUT2D eigenvalue weighted by Crippen LogP contribution is 2.18. The van der Waals surface area contributed by atoms with Crippen molar-refractivity contribution in [2.45, 2.75) is 45.7 Å². The van der Waals surface area contributed by atoms with Crippen LogP contribution in [-0.4, -0.2) is 31.2 Å². The first kappa shape index (κ1) is 13.5. The van der Waals surface area contributed by atoms with Crippen molar-refractivity contribution in [3.63, 3.8) is 0 Å². The molecule has 1 heterocycles.